The molecule has 2 aliphatic carbocycles. The molecule has 138 valence electrons. The predicted molar refractivity (Wildman–Crippen MR) is 96.7 cm³/mol. The number of ether oxygens (including phenoxy) is 1. The van der Waals surface area contributed by atoms with Crippen LogP contribution in [0.3, 0.4) is 0 Å². The van der Waals surface area contributed by atoms with Crippen molar-refractivity contribution in [3.05, 3.63) is 24.0 Å². The van der Waals surface area contributed by atoms with Gasteiger partial charge in [-0.25, -0.2) is 4.98 Å². The van der Waals surface area contributed by atoms with Crippen molar-refractivity contribution in [3.8, 4) is 0 Å². The summed E-state index contributed by atoms with van der Waals surface area (Å²) < 4.78 is 6.24. The molecule has 7 heteroatoms. The fourth-order valence-corrected chi connectivity index (χ4v) is 4.36. The number of H-pyrrole nitrogens is 1. The Balaban J connectivity index is 1.30. The first-order chi connectivity index (χ1) is 12.8. The van der Waals surface area contributed by atoms with Gasteiger partial charge in [0.15, 0.2) is 5.65 Å². The molecule has 3 aliphatic rings. The molecule has 1 amide bonds. The third-order valence-corrected chi connectivity index (χ3v) is 6.11. The Morgan fingerprint density at radius 3 is 2.92 bits per heavy atom. The van der Waals surface area contributed by atoms with Crippen LogP contribution < -0.4 is 10.6 Å². The Morgan fingerprint density at radius 2 is 2.08 bits per heavy atom. The van der Waals surface area contributed by atoms with Crippen molar-refractivity contribution in [1.29, 1.82) is 0 Å². The number of nitrogens with zero attached hydrogens (tertiary/aromatic N) is 2. The Morgan fingerprint density at radius 1 is 1.23 bits per heavy atom. The highest BCUT2D eigenvalue weighted by Gasteiger charge is 2.41. The second-order valence-corrected chi connectivity index (χ2v) is 8.05. The first kappa shape index (κ1) is 16.2. The standard InChI is InChI=1S/C19H25N5O2/c25-19(15-4-3-12-9-21-24-18(12)22-15)23-16-5-13-7-20-8-14(13)6-17(16)26-10-11-1-2-11/h3-4,9,11,13-14,16-17,20H,1-2,5-8,10H2,(H,23,25)(H,21,22,24)/t13-,14+,16-,17-/m0/s1. The zero-order chi connectivity index (χ0) is 17.5. The zero-order valence-electron chi connectivity index (χ0n) is 14.8. The number of carbonyl (C=O) groups is 1. The van der Waals surface area contributed by atoms with Crippen molar-refractivity contribution in [2.45, 2.75) is 37.8 Å². The average molecular weight is 355 g/mol. The van der Waals surface area contributed by atoms with Gasteiger partial charge in [-0.15, -0.1) is 0 Å². The molecule has 0 spiro atoms. The van der Waals surface area contributed by atoms with Gasteiger partial charge < -0.3 is 15.4 Å². The minimum absolute atomic E-state index is 0.0571. The van der Waals surface area contributed by atoms with E-state index in [-0.39, 0.29) is 18.1 Å². The van der Waals surface area contributed by atoms with Gasteiger partial charge in [-0.2, -0.15) is 5.10 Å². The zero-order valence-corrected chi connectivity index (χ0v) is 14.8. The summed E-state index contributed by atoms with van der Waals surface area (Å²) in [5.74, 6) is 1.90. The van der Waals surface area contributed by atoms with Gasteiger partial charge in [0.05, 0.1) is 18.3 Å². The number of nitrogens with one attached hydrogen (secondary N) is 3. The highest BCUT2D eigenvalue weighted by atomic mass is 16.5. The molecule has 3 heterocycles. The third-order valence-electron chi connectivity index (χ3n) is 6.11. The summed E-state index contributed by atoms with van der Waals surface area (Å²) in [5.41, 5.74) is 1.07. The molecule has 3 N–H and O–H groups in total. The molecule has 0 unspecified atom stereocenters. The van der Waals surface area contributed by atoms with E-state index < -0.39 is 0 Å². The van der Waals surface area contributed by atoms with Gasteiger partial charge in [-0.05, 0) is 68.7 Å². The van der Waals surface area contributed by atoms with Gasteiger partial charge in [0.25, 0.3) is 5.91 Å². The van der Waals surface area contributed by atoms with Crippen LogP contribution in [0.1, 0.15) is 36.2 Å². The number of hydrogen-bond acceptors (Lipinski definition) is 5. The quantitative estimate of drug-likeness (QED) is 0.756. The lowest BCUT2D eigenvalue weighted by molar-refractivity contribution is -0.0212. The van der Waals surface area contributed by atoms with Crippen molar-refractivity contribution in [2.24, 2.45) is 17.8 Å². The van der Waals surface area contributed by atoms with Gasteiger partial charge in [-0.3, -0.25) is 9.89 Å². The molecule has 3 fully saturated rings. The predicted octanol–water partition coefficient (Wildman–Crippen LogP) is 1.48. The molecule has 2 aromatic heterocycles. The van der Waals surface area contributed by atoms with E-state index in [1.165, 1.54) is 12.8 Å². The summed E-state index contributed by atoms with van der Waals surface area (Å²) in [6, 6.07) is 3.69. The number of fused-ring (bicyclic) bond motifs is 2. The molecule has 0 radical (unpaired) electrons. The number of carbonyl (C=O) groups excluding carboxylic acids is 1. The number of pyridine rings is 1. The van der Waals surface area contributed by atoms with E-state index in [1.807, 2.05) is 6.07 Å². The molecule has 0 bridgehead atoms. The first-order valence-electron chi connectivity index (χ1n) is 9.69. The number of amides is 1. The van der Waals surface area contributed by atoms with Crippen molar-refractivity contribution >= 4 is 16.9 Å². The number of aromatic nitrogens is 3. The van der Waals surface area contributed by atoms with Crippen LogP contribution in [-0.4, -0.2) is 52.9 Å². The molecule has 0 aromatic carbocycles. The summed E-state index contributed by atoms with van der Waals surface area (Å²) >= 11 is 0. The Kier molecular flexibility index (Phi) is 4.13. The van der Waals surface area contributed by atoms with Crippen molar-refractivity contribution in [2.75, 3.05) is 19.7 Å². The van der Waals surface area contributed by atoms with E-state index in [4.69, 9.17) is 4.74 Å². The lowest BCUT2D eigenvalue weighted by atomic mass is 9.77. The lowest BCUT2D eigenvalue weighted by Crippen LogP contribution is -2.50. The SMILES string of the molecule is O=C(N[C@H]1C[C@H]2CNC[C@H]2C[C@@H]1OCC1CC1)c1ccc2cn[nH]c2n1. The maximum Gasteiger partial charge on any atom is 0.270 e. The summed E-state index contributed by atoms with van der Waals surface area (Å²) in [4.78, 5) is 17.2. The molecule has 26 heavy (non-hydrogen) atoms. The number of rotatable bonds is 5. The van der Waals surface area contributed by atoms with Crippen LogP contribution in [-0.2, 0) is 4.74 Å². The highest BCUT2D eigenvalue weighted by molar-refractivity contribution is 5.94. The first-order valence-corrected chi connectivity index (χ1v) is 9.69. The van der Waals surface area contributed by atoms with Crippen LogP contribution in [0, 0.1) is 17.8 Å². The van der Waals surface area contributed by atoms with Gasteiger partial charge in [0.1, 0.15) is 5.69 Å². The minimum atomic E-state index is -0.129. The largest absolute Gasteiger partial charge is 0.376 e. The molecular weight excluding hydrogens is 330 g/mol. The van der Waals surface area contributed by atoms with Gasteiger partial charge >= 0.3 is 0 Å². The molecular formula is C19H25N5O2. The van der Waals surface area contributed by atoms with E-state index in [9.17, 15) is 4.79 Å². The number of hydrogen-bond donors (Lipinski definition) is 3. The van der Waals surface area contributed by atoms with Crippen LogP contribution in [0.4, 0.5) is 0 Å². The molecule has 4 atom stereocenters. The Labute approximate surface area is 152 Å². The summed E-state index contributed by atoms with van der Waals surface area (Å²) in [6.07, 6.45) is 6.39. The fourth-order valence-electron chi connectivity index (χ4n) is 4.36. The summed E-state index contributed by atoms with van der Waals surface area (Å²) in [7, 11) is 0. The normalized spacial score (nSPS) is 31.1. The van der Waals surface area contributed by atoms with Crippen LogP contribution in [0.5, 0.6) is 0 Å². The fraction of sp³-hybridized carbons (Fsp3) is 0.632. The van der Waals surface area contributed by atoms with Crippen LogP contribution in [0.25, 0.3) is 11.0 Å². The summed E-state index contributed by atoms with van der Waals surface area (Å²) in [6.45, 7) is 2.96. The van der Waals surface area contributed by atoms with Crippen LogP contribution in [0.2, 0.25) is 0 Å². The van der Waals surface area contributed by atoms with E-state index in [0.717, 1.165) is 43.8 Å². The average Bonchev–Trinajstić information content (AvgIpc) is 3.16. The second-order valence-electron chi connectivity index (χ2n) is 8.05. The maximum atomic E-state index is 12.8. The van der Waals surface area contributed by atoms with E-state index in [2.05, 4.69) is 25.8 Å². The van der Waals surface area contributed by atoms with E-state index in [1.54, 1.807) is 12.3 Å². The van der Waals surface area contributed by atoms with Gasteiger partial charge in [0.2, 0.25) is 0 Å². The lowest BCUT2D eigenvalue weighted by Gasteiger charge is -2.38. The Hall–Kier alpha value is -1.99. The molecule has 5 rings (SSSR count). The van der Waals surface area contributed by atoms with Gasteiger partial charge in [0, 0.05) is 12.0 Å². The topological polar surface area (TPSA) is 91.9 Å². The van der Waals surface area contributed by atoms with Crippen molar-refractivity contribution in [1.82, 2.24) is 25.8 Å². The number of aromatic amines is 1. The van der Waals surface area contributed by atoms with E-state index in [0.29, 0.717) is 23.2 Å². The van der Waals surface area contributed by atoms with Gasteiger partial charge in [-0.1, -0.05) is 0 Å². The van der Waals surface area contributed by atoms with Crippen molar-refractivity contribution in [3.63, 3.8) is 0 Å². The molecule has 1 saturated heterocycles. The molecule has 7 nitrogen and oxygen atoms in total. The molecule has 2 saturated carbocycles. The van der Waals surface area contributed by atoms with Crippen LogP contribution >= 0.6 is 0 Å². The van der Waals surface area contributed by atoms with Crippen molar-refractivity contribution < 1.29 is 9.53 Å². The Bertz CT molecular complexity index is 802. The minimum Gasteiger partial charge on any atom is -0.376 e. The highest BCUT2D eigenvalue weighted by Crippen LogP contribution is 2.36. The second kappa shape index (κ2) is 6.63. The smallest absolute Gasteiger partial charge is 0.270 e. The maximum absolute atomic E-state index is 12.8. The van der Waals surface area contributed by atoms with E-state index >= 15 is 0 Å². The molecule has 1 aliphatic heterocycles. The molecule has 2 aromatic rings. The van der Waals surface area contributed by atoms with Crippen LogP contribution in [0.15, 0.2) is 18.3 Å². The summed E-state index contributed by atoms with van der Waals surface area (Å²) in [5, 5.41) is 14.4. The monoisotopic (exact) mass is 355 g/mol. The third kappa shape index (κ3) is 3.21.